The Balaban J connectivity index is 2.41. The molecule has 1 rings (SSSR count). The first-order chi connectivity index (χ1) is 7.19. The molecule has 2 unspecified atom stereocenters. The van der Waals surface area contributed by atoms with Gasteiger partial charge < -0.3 is 10.1 Å². The Morgan fingerprint density at radius 2 is 2.20 bits per heavy atom. The molecule has 1 aliphatic rings. The molecule has 1 heterocycles. The van der Waals surface area contributed by atoms with E-state index in [1.165, 1.54) is 19.5 Å². The summed E-state index contributed by atoms with van der Waals surface area (Å²) in [6, 6.07) is 0.545. The number of nitrogens with zero attached hydrogens (tertiary/aromatic N) is 1. The molecular weight excluding hydrogens is 188 g/mol. The average Bonchev–Trinajstić information content (AvgIpc) is 2.66. The third-order valence-electron chi connectivity index (χ3n) is 3.51. The molecule has 2 atom stereocenters. The van der Waals surface area contributed by atoms with Crippen LogP contribution < -0.4 is 5.32 Å². The van der Waals surface area contributed by atoms with E-state index in [9.17, 15) is 0 Å². The molecule has 3 heteroatoms. The van der Waals surface area contributed by atoms with Crippen LogP contribution in [0.3, 0.4) is 0 Å². The molecule has 0 aromatic rings. The van der Waals surface area contributed by atoms with Gasteiger partial charge in [0.2, 0.25) is 0 Å². The lowest BCUT2D eigenvalue weighted by Gasteiger charge is -2.27. The van der Waals surface area contributed by atoms with Crippen LogP contribution in [0.25, 0.3) is 0 Å². The molecule has 0 radical (unpaired) electrons. The predicted octanol–water partition coefficient (Wildman–Crippen LogP) is 1.20. The van der Waals surface area contributed by atoms with Crippen LogP contribution in [0.2, 0.25) is 0 Å². The van der Waals surface area contributed by atoms with Gasteiger partial charge >= 0.3 is 0 Å². The van der Waals surface area contributed by atoms with Gasteiger partial charge in [0, 0.05) is 26.2 Å². The van der Waals surface area contributed by atoms with Gasteiger partial charge in [-0.3, -0.25) is 4.90 Å². The number of hydrogen-bond donors (Lipinski definition) is 1. The van der Waals surface area contributed by atoms with Gasteiger partial charge in [0.15, 0.2) is 0 Å². The van der Waals surface area contributed by atoms with E-state index in [-0.39, 0.29) is 0 Å². The zero-order chi connectivity index (χ0) is 11.3. The van der Waals surface area contributed by atoms with Gasteiger partial charge in [-0.25, -0.2) is 0 Å². The molecule has 1 saturated heterocycles. The van der Waals surface area contributed by atoms with E-state index in [4.69, 9.17) is 4.74 Å². The van der Waals surface area contributed by atoms with Crippen LogP contribution in [0.1, 0.15) is 20.3 Å². The summed E-state index contributed by atoms with van der Waals surface area (Å²) in [6.07, 6.45) is 1.35. The molecule has 15 heavy (non-hydrogen) atoms. The summed E-state index contributed by atoms with van der Waals surface area (Å²) in [5.41, 5.74) is 0. The van der Waals surface area contributed by atoms with E-state index in [1.54, 1.807) is 7.11 Å². The first kappa shape index (κ1) is 12.9. The fourth-order valence-electron chi connectivity index (χ4n) is 2.41. The van der Waals surface area contributed by atoms with Crippen molar-refractivity contribution in [2.24, 2.45) is 11.8 Å². The van der Waals surface area contributed by atoms with Gasteiger partial charge in [-0.1, -0.05) is 13.8 Å². The zero-order valence-electron chi connectivity index (χ0n) is 10.6. The Morgan fingerprint density at radius 3 is 2.67 bits per heavy atom. The van der Waals surface area contributed by atoms with E-state index in [1.807, 2.05) is 7.05 Å². The molecule has 0 bridgehead atoms. The zero-order valence-corrected chi connectivity index (χ0v) is 10.6. The lowest BCUT2D eigenvalue weighted by atomic mass is 9.95. The van der Waals surface area contributed by atoms with Crippen LogP contribution >= 0.6 is 0 Å². The third-order valence-corrected chi connectivity index (χ3v) is 3.51. The Hall–Kier alpha value is -0.120. The standard InChI is InChI=1S/C12H26N2O/c1-10(2)11-5-6-14(8-11)12(7-13-3)9-15-4/h10-13H,5-9H2,1-4H3. The van der Waals surface area contributed by atoms with Crippen molar-refractivity contribution in [3.8, 4) is 0 Å². The number of rotatable bonds is 6. The topological polar surface area (TPSA) is 24.5 Å². The summed E-state index contributed by atoms with van der Waals surface area (Å²) < 4.78 is 5.28. The Kier molecular flexibility index (Phi) is 5.58. The Bertz CT molecular complexity index is 167. The van der Waals surface area contributed by atoms with Gasteiger partial charge in [-0.15, -0.1) is 0 Å². The predicted molar refractivity (Wildman–Crippen MR) is 64.1 cm³/mol. The second-order valence-electron chi connectivity index (χ2n) is 4.95. The van der Waals surface area contributed by atoms with Crippen molar-refractivity contribution in [1.29, 1.82) is 0 Å². The molecule has 0 aromatic heterocycles. The maximum Gasteiger partial charge on any atom is 0.0630 e. The highest BCUT2D eigenvalue weighted by Gasteiger charge is 2.29. The summed E-state index contributed by atoms with van der Waals surface area (Å²) in [4.78, 5) is 2.57. The lowest BCUT2D eigenvalue weighted by Crippen LogP contribution is -2.43. The second kappa shape index (κ2) is 6.46. The fraction of sp³-hybridized carbons (Fsp3) is 1.00. The molecule has 0 aromatic carbocycles. The van der Waals surface area contributed by atoms with Gasteiger partial charge in [0.05, 0.1) is 6.61 Å². The van der Waals surface area contributed by atoms with Crippen molar-refractivity contribution in [2.75, 3.05) is 40.4 Å². The summed E-state index contributed by atoms with van der Waals surface area (Å²) >= 11 is 0. The first-order valence-corrected chi connectivity index (χ1v) is 6.06. The Morgan fingerprint density at radius 1 is 1.47 bits per heavy atom. The van der Waals surface area contributed by atoms with Crippen molar-refractivity contribution in [3.63, 3.8) is 0 Å². The largest absolute Gasteiger partial charge is 0.383 e. The molecule has 3 nitrogen and oxygen atoms in total. The van der Waals surface area contributed by atoms with Gasteiger partial charge in [0.25, 0.3) is 0 Å². The van der Waals surface area contributed by atoms with Gasteiger partial charge in [0.1, 0.15) is 0 Å². The van der Waals surface area contributed by atoms with Crippen molar-refractivity contribution in [1.82, 2.24) is 10.2 Å². The Labute approximate surface area is 94.2 Å². The van der Waals surface area contributed by atoms with Crippen LogP contribution in [0.15, 0.2) is 0 Å². The SMILES string of the molecule is CNCC(COC)N1CCC(C(C)C)C1. The number of methoxy groups -OCH3 is 1. The third kappa shape index (κ3) is 3.74. The smallest absolute Gasteiger partial charge is 0.0630 e. The van der Waals surface area contributed by atoms with Crippen LogP contribution in [-0.4, -0.2) is 51.3 Å². The van der Waals surface area contributed by atoms with Crippen LogP contribution in [0.5, 0.6) is 0 Å². The van der Waals surface area contributed by atoms with E-state index in [0.717, 1.165) is 25.0 Å². The van der Waals surface area contributed by atoms with Crippen molar-refractivity contribution in [3.05, 3.63) is 0 Å². The average molecular weight is 214 g/mol. The minimum absolute atomic E-state index is 0.545. The van der Waals surface area contributed by atoms with Gasteiger partial charge in [-0.2, -0.15) is 0 Å². The summed E-state index contributed by atoms with van der Waals surface area (Å²) in [7, 11) is 3.80. The van der Waals surface area contributed by atoms with E-state index in [2.05, 4.69) is 24.1 Å². The van der Waals surface area contributed by atoms with E-state index in [0.29, 0.717) is 6.04 Å². The number of likely N-dealkylation sites (tertiary alicyclic amines) is 1. The molecule has 90 valence electrons. The summed E-state index contributed by atoms with van der Waals surface area (Å²) in [5.74, 6) is 1.69. The fourth-order valence-corrected chi connectivity index (χ4v) is 2.41. The molecule has 0 amide bonds. The van der Waals surface area contributed by atoms with Crippen LogP contribution in [0.4, 0.5) is 0 Å². The van der Waals surface area contributed by atoms with Crippen molar-refractivity contribution in [2.45, 2.75) is 26.3 Å². The summed E-state index contributed by atoms with van der Waals surface area (Å²) in [5, 5.41) is 3.25. The number of ether oxygens (including phenoxy) is 1. The number of hydrogen-bond acceptors (Lipinski definition) is 3. The molecular formula is C12H26N2O. The molecule has 1 N–H and O–H groups in total. The highest BCUT2D eigenvalue weighted by Crippen LogP contribution is 2.24. The lowest BCUT2D eigenvalue weighted by molar-refractivity contribution is 0.101. The van der Waals surface area contributed by atoms with Crippen LogP contribution in [0, 0.1) is 11.8 Å². The van der Waals surface area contributed by atoms with E-state index >= 15 is 0 Å². The van der Waals surface area contributed by atoms with Crippen molar-refractivity contribution < 1.29 is 4.74 Å². The number of nitrogens with one attached hydrogen (secondary N) is 1. The monoisotopic (exact) mass is 214 g/mol. The first-order valence-electron chi connectivity index (χ1n) is 6.06. The molecule has 0 saturated carbocycles. The minimum Gasteiger partial charge on any atom is -0.383 e. The highest BCUT2D eigenvalue weighted by atomic mass is 16.5. The summed E-state index contributed by atoms with van der Waals surface area (Å²) in [6.45, 7) is 9.01. The quantitative estimate of drug-likeness (QED) is 0.719. The maximum atomic E-state index is 5.28. The molecule has 0 spiro atoms. The normalized spacial score (nSPS) is 25.0. The van der Waals surface area contributed by atoms with Crippen molar-refractivity contribution >= 4 is 0 Å². The highest BCUT2D eigenvalue weighted by molar-refractivity contribution is 4.83. The van der Waals surface area contributed by atoms with E-state index < -0.39 is 0 Å². The second-order valence-corrected chi connectivity index (χ2v) is 4.95. The van der Waals surface area contributed by atoms with Crippen LogP contribution in [-0.2, 0) is 4.74 Å². The number of likely N-dealkylation sites (N-methyl/N-ethyl adjacent to an activating group) is 1. The molecule has 1 fully saturated rings. The minimum atomic E-state index is 0.545. The molecule has 1 aliphatic heterocycles. The van der Waals surface area contributed by atoms with Gasteiger partial charge in [-0.05, 0) is 31.8 Å². The molecule has 0 aliphatic carbocycles. The maximum absolute atomic E-state index is 5.28.